The summed E-state index contributed by atoms with van der Waals surface area (Å²) in [5.41, 5.74) is 2.45. The number of ketones is 1. The molecule has 2 rings (SSSR count). The van der Waals surface area contributed by atoms with Crippen molar-refractivity contribution in [1.82, 2.24) is 0 Å². The minimum Gasteiger partial charge on any atom is -0.312 e. The lowest BCUT2D eigenvalue weighted by Crippen LogP contribution is -2.09. The van der Waals surface area contributed by atoms with Gasteiger partial charge in [-0.1, -0.05) is 23.4 Å². The van der Waals surface area contributed by atoms with Gasteiger partial charge in [-0.15, -0.1) is 0 Å². The van der Waals surface area contributed by atoms with Crippen LogP contribution in [0, 0.1) is 6.92 Å². The third-order valence-electron chi connectivity index (χ3n) is 2.76. The lowest BCUT2D eigenvalue weighted by Gasteiger charge is -2.06. The van der Waals surface area contributed by atoms with Gasteiger partial charge in [-0.3, -0.25) is 4.79 Å². The van der Waals surface area contributed by atoms with E-state index in [0.717, 1.165) is 5.56 Å². The van der Waals surface area contributed by atoms with Crippen molar-refractivity contribution in [3.63, 3.8) is 0 Å². The van der Waals surface area contributed by atoms with Gasteiger partial charge < -0.3 is 4.84 Å². The number of benzene rings is 1. The molecule has 4 heteroatoms. The van der Waals surface area contributed by atoms with Crippen molar-refractivity contribution in [3.05, 3.63) is 59.2 Å². The molecule has 0 aliphatic heterocycles. The van der Waals surface area contributed by atoms with E-state index in [1.54, 1.807) is 19.1 Å². The van der Waals surface area contributed by atoms with E-state index in [-0.39, 0.29) is 5.78 Å². The van der Waals surface area contributed by atoms with Crippen LogP contribution in [0.4, 0.5) is 0 Å². The number of aryl methyl sites for hydroxylation is 1. The average molecular weight is 255 g/mol. The first-order valence-electron chi connectivity index (χ1n) is 5.83. The van der Waals surface area contributed by atoms with Crippen LogP contribution in [0.1, 0.15) is 22.8 Å². The van der Waals surface area contributed by atoms with Crippen LogP contribution in [0.3, 0.4) is 0 Å². The zero-order valence-electron chi connectivity index (χ0n) is 10.7. The first-order valence-corrected chi connectivity index (χ1v) is 5.83. The van der Waals surface area contributed by atoms with E-state index < -0.39 is 5.97 Å². The molecule has 1 aliphatic carbocycles. The fourth-order valence-corrected chi connectivity index (χ4v) is 1.67. The monoisotopic (exact) mass is 255 g/mol. The van der Waals surface area contributed by atoms with Crippen molar-refractivity contribution < 1.29 is 14.4 Å². The SMILES string of the molecule is CC1=CC(=O)C=C/C1=N\OC(=O)c1ccccc1C. The van der Waals surface area contributed by atoms with Gasteiger partial charge in [-0.2, -0.15) is 0 Å². The predicted molar refractivity (Wildman–Crippen MR) is 71.9 cm³/mol. The first kappa shape index (κ1) is 13.0. The summed E-state index contributed by atoms with van der Waals surface area (Å²) in [6.07, 6.45) is 4.36. The van der Waals surface area contributed by atoms with Crippen molar-refractivity contribution in [2.45, 2.75) is 13.8 Å². The standard InChI is InChI=1S/C15H13NO3/c1-10-5-3-4-6-13(10)15(18)19-16-14-8-7-12(17)9-11(14)2/h3-9H,1-2H3/b16-14+. The van der Waals surface area contributed by atoms with Crippen LogP contribution in [-0.4, -0.2) is 17.5 Å². The highest BCUT2D eigenvalue weighted by atomic mass is 16.7. The van der Waals surface area contributed by atoms with Gasteiger partial charge in [0.2, 0.25) is 0 Å². The zero-order valence-corrected chi connectivity index (χ0v) is 10.7. The van der Waals surface area contributed by atoms with Crippen molar-refractivity contribution in [3.8, 4) is 0 Å². The molecule has 0 bridgehead atoms. The number of hydrogen-bond acceptors (Lipinski definition) is 4. The Hall–Kier alpha value is -2.49. The van der Waals surface area contributed by atoms with Crippen LogP contribution in [0.15, 0.2) is 53.2 Å². The molecular formula is C15H13NO3. The average Bonchev–Trinajstić information content (AvgIpc) is 2.38. The smallest absolute Gasteiger partial charge is 0.312 e. The van der Waals surface area contributed by atoms with Crippen molar-refractivity contribution in [2.75, 3.05) is 0 Å². The fourth-order valence-electron chi connectivity index (χ4n) is 1.67. The molecule has 96 valence electrons. The summed E-state index contributed by atoms with van der Waals surface area (Å²) in [5.74, 6) is -0.606. The van der Waals surface area contributed by atoms with Crippen LogP contribution in [0.25, 0.3) is 0 Å². The number of allylic oxidation sites excluding steroid dienone is 4. The molecule has 0 saturated heterocycles. The zero-order chi connectivity index (χ0) is 13.8. The summed E-state index contributed by atoms with van der Waals surface area (Å²) in [5, 5.41) is 3.78. The second-order valence-electron chi connectivity index (χ2n) is 4.23. The van der Waals surface area contributed by atoms with E-state index in [1.165, 1.54) is 18.2 Å². The maximum absolute atomic E-state index is 11.8. The van der Waals surface area contributed by atoms with Crippen molar-refractivity contribution in [1.29, 1.82) is 0 Å². The molecule has 0 fully saturated rings. The second-order valence-corrected chi connectivity index (χ2v) is 4.23. The van der Waals surface area contributed by atoms with Crippen LogP contribution >= 0.6 is 0 Å². The Morgan fingerprint density at radius 3 is 2.58 bits per heavy atom. The topological polar surface area (TPSA) is 55.7 Å². The largest absolute Gasteiger partial charge is 0.366 e. The number of carbonyl (C=O) groups excluding carboxylic acids is 2. The molecule has 0 atom stereocenters. The molecule has 0 unspecified atom stereocenters. The minimum atomic E-state index is -0.510. The van der Waals surface area contributed by atoms with Crippen LogP contribution in [0.5, 0.6) is 0 Å². The molecule has 0 N–H and O–H groups in total. The van der Waals surface area contributed by atoms with Crippen molar-refractivity contribution >= 4 is 17.5 Å². The van der Waals surface area contributed by atoms with Crippen LogP contribution < -0.4 is 0 Å². The van der Waals surface area contributed by atoms with Gasteiger partial charge in [-0.25, -0.2) is 4.79 Å². The normalized spacial score (nSPS) is 16.4. The minimum absolute atomic E-state index is 0.0957. The van der Waals surface area contributed by atoms with E-state index in [0.29, 0.717) is 16.8 Å². The van der Waals surface area contributed by atoms with E-state index in [4.69, 9.17) is 4.84 Å². The number of nitrogens with zero attached hydrogens (tertiary/aromatic N) is 1. The lowest BCUT2D eigenvalue weighted by molar-refractivity contribution is -0.110. The van der Waals surface area contributed by atoms with Gasteiger partial charge in [-0.05, 0) is 49.3 Å². The third-order valence-corrected chi connectivity index (χ3v) is 2.76. The second kappa shape index (κ2) is 5.44. The fraction of sp³-hybridized carbons (Fsp3) is 0.133. The molecular weight excluding hydrogens is 242 g/mol. The molecule has 1 aromatic carbocycles. The summed E-state index contributed by atoms with van der Waals surface area (Å²) in [4.78, 5) is 27.8. The maximum Gasteiger partial charge on any atom is 0.366 e. The Morgan fingerprint density at radius 2 is 1.89 bits per heavy atom. The predicted octanol–water partition coefficient (Wildman–Crippen LogP) is 2.59. The Bertz CT molecular complexity index is 624. The summed E-state index contributed by atoms with van der Waals surface area (Å²) in [7, 11) is 0. The molecule has 0 amide bonds. The van der Waals surface area contributed by atoms with E-state index in [9.17, 15) is 9.59 Å². The summed E-state index contributed by atoms with van der Waals surface area (Å²) in [6.45, 7) is 3.57. The lowest BCUT2D eigenvalue weighted by atomic mass is 10.1. The van der Waals surface area contributed by atoms with Gasteiger partial charge >= 0.3 is 5.97 Å². The summed E-state index contributed by atoms with van der Waals surface area (Å²) < 4.78 is 0. The third kappa shape index (κ3) is 3.04. The molecule has 0 heterocycles. The Labute approximate surface area is 111 Å². The van der Waals surface area contributed by atoms with Gasteiger partial charge in [0.25, 0.3) is 0 Å². The van der Waals surface area contributed by atoms with Gasteiger partial charge in [0.15, 0.2) is 5.78 Å². The number of rotatable bonds is 2. The molecule has 1 aliphatic rings. The first-order chi connectivity index (χ1) is 9.08. The highest BCUT2D eigenvalue weighted by Crippen LogP contribution is 2.10. The van der Waals surface area contributed by atoms with Crippen molar-refractivity contribution in [2.24, 2.45) is 5.16 Å². The summed E-state index contributed by atoms with van der Waals surface area (Å²) in [6, 6.07) is 7.12. The highest BCUT2D eigenvalue weighted by molar-refractivity contribution is 6.19. The Morgan fingerprint density at radius 1 is 1.16 bits per heavy atom. The summed E-state index contributed by atoms with van der Waals surface area (Å²) >= 11 is 0. The molecule has 0 radical (unpaired) electrons. The van der Waals surface area contributed by atoms with E-state index >= 15 is 0 Å². The molecule has 19 heavy (non-hydrogen) atoms. The Kier molecular flexibility index (Phi) is 3.71. The van der Waals surface area contributed by atoms with Crippen LogP contribution in [-0.2, 0) is 9.63 Å². The maximum atomic E-state index is 11.8. The highest BCUT2D eigenvalue weighted by Gasteiger charge is 2.12. The van der Waals surface area contributed by atoms with Crippen LogP contribution in [0.2, 0.25) is 0 Å². The van der Waals surface area contributed by atoms with E-state index in [1.807, 2.05) is 19.1 Å². The molecule has 0 spiro atoms. The van der Waals surface area contributed by atoms with Gasteiger partial charge in [0.05, 0.1) is 5.56 Å². The number of carbonyl (C=O) groups is 2. The van der Waals surface area contributed by atoms with Gasteiger partial charge in [0.1, 0.15) is 5.71 Å². The number of oxime groups is 1. The molecule has 1 aromatic rings. The quantitative estimate of drug-likeness (QED) is 0.463. The van der Waals surface area contributed by atoms with Gasteiger partial charge in [0, 0.05) is 0 Å². The molecule has 0 saturated carbocycles. The molecule has 0 aromatic heterocycles. The number of hydrogen-bond donors (Lipinski definition) is 0. The molecule has 4 nitrogen and oxygen atoms in total. The van der Waals surface area contributed by atoms with E-state index in [2.05, 4.69) is 5.16 Å². The Balaban J connectivity index is 2.13.